The normalized spacial score (nSPS) is 10.3. The van der Waals surface area contributed by atoms with Gasteiger partial charge in [0.2, 0.25) is 0 Å². The monoisotopic (exact) mass is 360 g/mol. The topological polar surface area (TPSA) is 201 Å². The zero-order valence-corrected chi connectivity index (χ0v) is 12.9. The largest absolute Gasteiger partial charge is 0.478 e. The summed E-state index contributed by atoms with van der Waals surface area (Å²) in [4.78, 5) is 46.3. The number of anilines is 2. The van der Waals surface area contributed by atoms with Gasteiger partial charge in [0.1, 0.15) is 0 Å². The Labute approximate surface area is 144 Å². The summed E-state index contributed by atoms with van der Waals surface area (Å²) in [6.07, 6.45) is 0. The van der Waals surface area contributed by atoms with Gasteiger partial charge in [-0.3, -0.25) is 0 Å². The van der Waals surface area contributed by atoms with Crippen molar-refractivity contribution in [2.24, 2.45) is 0 Å². The molecule has 10 nitrogen and oxygen atoms in total. The summed E-state index contributed by atoms with van der Waals surface area (Å²) < 4.78 is 0. The Morgan fingerprint density at radius 1 is 0.692 bits per heavy atom. The highest BCUT2D eigenvalue weighted by Crippen LogP contribution is 2.36. The second-order valence-electron chi connectivity index (χ2n) is 5.16. The number of carboxylic acids is 4. The van der Waals surface area contributed by atoms with Crippen molar-refractivity contribution in [1.29, 1.82) is 0 Å². The standard InChI is InChI=1S/C16H12N2O8/c17-5-1-2-6(7(3-5)13(19)20)10-8(14(21)22)4-9(18)11(15(23)24)12(10)16(25)26/h1-4H,17-18H2,(H,19,20)(H,21,22)(H,23,24)(H,25,26). The van der Waals surface area contributed by atoms with E-state index in [0.717, 1.165) is 18.2 Å². The van der Waals surface area contributed by atoms with Crippen LogP contribution in [0.1, 0.15) is 41.4 Å². The van der Waals surface area contributed by atoms with Crippen molar-refractivity contribution in [3.63, 3.8) is 0 Å². The third-order valence-corrected chi connectivity index (χ3v) is 3.56. The van der Waals surface area contributed by atoms with Crippen molar-refractivity contribution in [2.45, 2.75) is 0 Å². The fourth-order valence-corrected chi connectivity index (χ4v) is 2.55. The number of rotatable bonds is 5. The third kappa shape index (κ3) is 2.98. The summed E-state index contributed by atoms with van der Waals surface area (Å²) in [5.74, 6) is -6.60. The number of aromatic carboxylic acids is 4. The molecule has 0 bridgehead atoms. The average Bonchev–Trinajstić information content (AvgIpc) is 2.53. The summed E-state index contributed by atoms with van der Waals surface area (Å²) in [5, 5.41) is 37.5. The molecular weight excluding hydrogens is 348 g/mol. The molecule has 0 aliphatic heterocycles. The maximum Gasteiger partial charge on any atom is 0.338 e. The molecule has 2 aromatic carbocycles. The SMILES string of the molecule is Nc1ccc(-c2c(C(=O)O)cc(N)c(C(=O)O)c2C(=O)O)c(C(=O)O)c1. The minimum absolute atomic E-state index is 0.0359. The van der Waals surface area contributed by atoms with Gasteiger partial charge in [0.15, 0.2) is 0 Å². The maximum absolute atomic E-state index is 11.7. The van der Waals surface area contributed by atoms with Crippen LogP contribution in [0.2, 0.25) is 0 Å². The molecule has 0 atom stereocenters. The molecule has 0 aromatic heterocycles. The van der Waals surface area contributed by atoms with E-state index < -0.39 is 57.4 Å². The van der Waals surface area contributed by atoms with Crippen LogP contribution < -0.4 is 11.5 Å². The number of carboxylic acid groups (broad SMARTS) is 4. The van der Waals surface area contributed by atoms with Gasteiger partial charge in [-0.05, 0) is 23.8 Å². The third-order valence-electron chi connectivity index (χ3n) is 3.56. The van der Waals surface area contributed by atoms with Gasteiger partial charge in [-0.1, -0.05) is 6.07 Å². The van der Waals surface area contributed by atoms with E-state index in [2.05, 4.69) is 0 Å². The first-order valence-corrected chi connectivity index (χ1v) is 6.85. The van der Waals surface area contributed by atoms with Crippen LogP contribution >= 0.6 is 0 Å². The molecule has 0 heterocycles. The predicted octanol–water partition coefficient (Wildman–Crippen LogP) is 1.31. The number of nitrogen functional groups attached to an aromatic ring is 2. The lowest BCUT2D eigenvalue weighted by molar-refractivity contribution is 0.0650. The predicted molar refractivity (Wildman–Crippen MR) is 88.5 cm³/mol. The molecule has 0 amide bonds. The molecule has 0 fully saturated rings. The van der Waals surface area contributed by atoms with Gasteiger partial charge in [0, 0.05) is 16.9 Å². The summed E-state index contributed by atoms with van der Waals surface area (Å²) in [5.41, 5.74) is 6.69. The Balaban J connectivity index is 3.12. The highest BCUT2D eigenvalue weighted by molar-refractivity contribution is 6.15. The number of hydrogen-bond acceptors (Lipinski definition) is 6. The van der Waals surface area contributed by atoms with Gasteiger partial charge >= 0.3 is 23.9 Å². The molecular formula is C16H12N2O8. The summed E-state index contributed by atoms with van der Waals surface area (Å²) >= 11 is 0. The van der Waals surface area contributed by atoms with Gasteiger partial charge < -0.3 is 31.9 Å². The Kier molecular flexibility index (Phi) is 4.52. The molecule has 0 saturated heterocycles. The van der Waals surface area contributed by atoms with Crippen molar-refractivity contribution in [2.75, 3.05) is 11.5 Å². The summed E-state index contributed by atoms with van der Waals surface area (Å²) in [7, 11) is 0. The summed E-state index contributed by atoms with van der Waals surface area (Å²) in [6.45, 7) is 0. The second-order valence-corrected chi connectivity index (χ2v) is 5.16. The van der Waals surface area contributed by atoms with Crippen molar-refractivity contribution >= 4 is 35.3 Å². The highest BCUT2D eigenvalue weighted by Gasteiger charge is 2.31. The second kappa shape index (κ2) is 6.43. The van der Waals surface area contributed by atoms with E-state index in [1.807, 2.05) is 0 Å². The summed E-state index contributed by atoms with van der Waals surface area (Å²) in [6, 6.07) is 4.12. The number of carbonyl (C=O) groups is 4. The highest BCUT2D eigenvalue weighted by atomic mass is 16.4. The molecule has 0 radical (unpaired) electrons. The van der Waals surface area contributed by atoms with E-state index in [9.17, 15) is 39.6 Å². The van der Waals surface area contributed by atoms with E-state index in [4.69, 9.17) is 11.5 Å². The Morgan fingerprint density at radius 2 is 1.23 bits per heavy atom. The molecule has 8 N–H and O–H groups in total. The van der Waals surface area contributed by atoms with E-state index in [1.54, 1.807) is 0 Å². The van der Waals surface area contributed by atoms with Crippen LogP contribution in [0, 0.1) is 0 Å². The lowest BCUT2D eigenvalue weighted by atomic mass is 9.87. The Bertz CT molecular complexity index is 981. The quantitative estimate of drug-likeness (QED) is 0.422. The van der Waals surface area contributed by atoms with Crippen LogP contribution in [0.15, 0.2) is 24.3 Å². The Morgan fingerprint density at radius 3 is 1.69 bits per heavy atom. The van der Waals surface area contributed by atoms with Crippen molar-refractivity contribution in [1.82, 2.24) is 0 Å². The van der Waals surface area contributed by atoms with Crippen LogP contribution in [-0.4, -0.2) is 44.3 Å². The zero-order chi connectivity index (χ0) is 19.8. The van der Waals surface area contributed by atoms with Crippen LogP contribution in [0.5, 0.6) is 0 Å². The van der Waals surface area contributed by atoms with Crippen molar-refractivity contribution < 1.29 is 39.6 Å². The first kappa shape index (κ1) is 18.3. The lowest BCUT2D eigenvalue weighted by Gasteiger charge is -2.17. The van der Waals surface area contributed by atoms with Gasteiger partial charge in [-0.2, -0.15) is 0 Å². The number of benzene rings is 2. The minimum atomic E-state index is -1.78. The minimum Gasteiger partial charge on any atom is -0.478 e. The number of nitrogens with two attached hydrogens (primary N) is 2. The van der Waals surface area contributed by atoms with E-state index in [1.165, 1.54) is 6.07 Å². The molecule has 0 aliphatic rings. The molecule has 26 heavy (non-hydrogen) atoms. The smallest absolute Gasteiger partial charge is 0.338 e. The first-order chi connectivity index (χ1) is 12.1. The van der Waals surface area contributed by atoms with Gasteiger partial charge in [-0.25, -0.2) is 19.2 Å². The van der Waals surface area contributed by atoms with Crippen LogP contribution in [0.25, 0.3) is 11.1 Å². The first-order valence-electron chi connectivity index (χ1n) is 6.85. The molecule has 0 spiro atoms. The van der Waals surface area contributed by atoms with Crippen LogP contribution in [0.3, 0.4) is 0 Å². The van der Waals surface area contributed by atoms with Crippen LogP contribution in [-0.2, 0) is 0 Å². The molecule has 2 rings (SSSR count). The van der Waals surface area contributed by atoms with E-state index in [0.29, 0.717) is 0 Å². The number of hydrogen-bond donors (Lipinski definition) is 6. The van der Waals surface area contributed by atoms with E-state index in [-0.39, 0.29) is 11.3 Å². The van der Waals surface area contributed by atoms with Crippen molar-refractivity contribution in [3.05, 3.63) is 46.5 Å². The lowest BCUT2D eigenvalue weighted by Crippen LogP contribution is -2.17. The molecule has 0 aliphatic carbocycles. The van der Waals surface area contributed by atoms with Gasteiger partial charge in [0.05, 0.1) is 22.3 Å². The molecule has 2 aromatic rings. The van der Waals surface area contributed by atoms with E-state index >= 15 is 0 Å². The fourth-order valence-electron chi connectivity index (χ4n) is 2.55. The molecule has 134 valence electrons. The maximum atomic E-state index is 11.7. The van der Waals surface area contributed by atoms with Gasteiger partial charge in [-0.15, -0.1) is 0 Å². The molecule has 0 saturated carbocycles. The average molecular weight is 360 g/mol. The van der Waals surface area contributed by atoms with Crippen molar-refractivity contribution in [3.8, 4) is 11.1 Å². The molecule has 10 heteroatoms. The zero-order valence-electron chi connectivity index (χ0n) is 12.9. The molecule has 0 unspecified atom stereocenters. The van der Waals surface area contributed by atoms with Gasteiger partial charge in [0.25, 0.3) is 0 Å². The Hall–Kier alpha value is -4.08. The fraction of sp³-hybridized carbons (Fsp3) is 0. The van der Waals surface area contributed by atoms with Crippen LogP contribution in [0.4, 0.5) is 11.4 Å².